The minimum atomic E-state index is 1.04. The molecule has 0 saturated carbocycles. The van der Waals surface area contributed by atoms with Crippen LogP contribution in [-0.4, -0.2) is 14.0 Å². The first-order valence-electron chi connectivity index (χ1n) is 15.1. The molecule has 3 nitrogen and oxygen atoms in total. The zero-order valence-corrected chi connectivity index (χ0v) is 23.6. The molecule has 0 aliphatic carbocycles. The van der Waals surface area contributed by atoms with Gasteiger partial charge in [0.15, 0.2) is 0 Å². The summed E-state index contributed by atoms with van der Waals surface area (Å²) in [6.07, 6.45) is 1.90. The number of rotatable bonds is 1. The van der Waals surface area contributed by atoms with Crippen molar-refractivity contribution in [2.75, 3.05) is 0 Å². The first kappa shape index (κ1) is 22.6. The predicted molar refractivity (Wildman–Crippen MR) is 186 cm³/mol. The average Bonchev–Trinajstić information content (AvgIpc) is 3.72. The molecule has 11 rings (SSSR count). The summed E-state index contributed by atoms with van der Waals surface area (Å²) in [7, 11) is 0. The molecule has 0 aliphatic rings. The number of aromatic nitrogens is 3. The van der Waals surface area contributed by atoms with Crippen LogP contribution in [0.2, 0.25) is 0 Å². The summed E-state index contributed by atoms with van der Waals surface area (Å²) in [6.45, 7) is 0. The smallest absolute Gasteiger partial charge is 0.0781 e. The minimum absolute atomic E-state index is 1.04. The molecule has 0 atom stereocenters. The van der Waals surface area contributed by atoms with Gasteiger partial charge < -0.3 is 8.97 Å². The van der Waals surface area contributed by atoms with Crippen molar-refractivity contribution in [3.05, 3.63) is 140 Å². The molecule has 0 amide bonds. The molecule has 0 unspecified atom stereocenters. The summed E-state index contributed by atoms with van der Waals surface area (Å²) in [5.74, 6) is 0. The van der Waals surface area contributed by atoms with Crippen LogP contribution in [0.3, 0.4) is 0 Å². The van der Waals surface area contributed by atoms with Crippen molar-refractivity contribution in [1.29, 1.82) is 0 Å². The number of benzene rings is 7. The average molecular weight is 558 g/mol. The second kappa shape index (κ2) is 7.91. The largest absolute Gasteiger partial charge is 0.308 e. The Hall–Kier alpha value is -5.93. The van der Waals surface area contributed by atoms with Crippen LogP contribution >= 0.6 is 0 Å². The first-order chi connectivity index (χ1) is 21.8. The van der Waals surface area contributed by atoms with E-state index in [1.54, 1.807) is 0 Å². The van der Waals surface area contributed by atoms with Gasteiger partial charge in [0.1, 0.15) is 0 Å². The van der Waals surface area contributed by atoms with E-state index in [0.717, 1.165) is 16.6 Å². The number of hydrogen-bond donors (Lipinski definition) is 0. The van der Waals surface area contributed by atoms with Crippen molar-refractivity contribution < 1.29 is 0 Å². The maximum atomic E-state index is 4.83. The zero-order valence-electron chi connectivity index (χ0n) is 23.6. The van der Waals surface area contributed by atoms with Crippen LogP contribution in [0.15, 0.2) is 140 Å². The lowest BCUT2D eigenvalue weighted by Crippen LogP contribution is -1.96. The van der Waals surface area contributed by atoms with E-state index >= 15 is 0 Å². The zero-order chi connectivity index (χ0) is 28.5. The maximum Gasteiger partial charge on any atom is 0.0781 e. The highest BCUT2D eigenvalue weighted by atomic mass is 15.0. The van der Waals surface area contributed by atoms with Gasteiger partial charge >= 0.3 is 0 Å². The van der Waals surface area contributed by atoms with Crippen molar-refractivity contribution in [2.45, 2.75) is 0 Å². The Bertz CT molecular complexity index is 2990. The second-order valence-corrected chi connectivity index (χ2v) is 12.0. The van der Waals surface area contributed by atoms with Crippen LogP contribution < -0.4 is 0 Å². The van der Waals surface area contributed by atoms with E-state index in [9.17, 15) is 0 Å². The fraction of sp³-hybridized carbons (Fsp3) is 0. The fourth-order valence-electron chi connectivity index (χ4n) is 8.01. The molecule has 0 bridgehead atoms. The normalized spacial score (nSPS) is 12.5. The summed E-state index contributed by atoms with van der Waals surface area (Å²) in [5.41, 5.74) is 8.48. The lowest BCUT2D eigenvalue weighted by Gasteiger charge is -2.13. The van der Waals surface area contributed by atoms with Gasteiger partial charge in [0.25, 0.3) is 0 Å². The van der Waals surface area contributed by atoms with E-state index in [0.29, 0.717) is 0 Å². The van der Waals surface area contributed by atoms with Gasteiger partial charge in [-0.2, -0.15) is 0 Å². The van der Waals surface area contributed by atoms with E-state index in [-0.39, 0.29) is 0 Å². The van der Waals surface area contributed by atoms with Gasteiger partial charge in [-0.05, 0) is 47.2 Å². The van der Waals surface area contributed by atoms with Crippen molar-refractivity contribution in [3.63, 3.8) is 0 Å². The number of para-hydroxylation sites is 2. The number of fused-ring (bicyclic) bond motifs is 15. The molecule has 4 heterocycles. The Morgan fingerprint density at radius 2 is 1.07 bits per heavy atom. The molecule has 0 fully saturated rings. The highest BCUT2D eigenvalue weighted by molar-refractivity contribution is 6.35. The van der Waals surface area contributed by atoms with Crippen LogP contribution in [0, 0.1) is 0 Å². The highest BCUT2D eigenvalue weighted by Crippen LogP contribution is 2.47. The molecule has 4 aromatic heterocycles. The molecule has 0 saturated heterocycles. The lowest BCUT2D eigenvalue weighted by atomic mass is 10.0. The van der Waals surface area contributed by atoms with Gasteiger partial charge in [-0.3, -0.25) is 4.98 Å². The molecule has 11 aromatic rings. The Kier molecular flexibility index (Phi) is 4.07. The molecule has 3 heteroatoms. The van der Waals surface area contributed by atoms with Gasteiger partial charge in [-0.25, -0.2) is 0 Å². The van der Waals surface area contributed by atoms with E-state index in [4.69, 9.17) is 4.98 Å². The van der Waals surface area contributed by atoms with E-state index < -0.39 is 0 Å². The molecule has 0 N–H and O–H groups in total. The van der Waals surface area contributed by atoms with Gasteiger partial charge in [0.2, 0.25) is 0 Å². The molecule has 0 spiro atoms. The Labute approximate surface area is 251 Å². The molecule has 44 heavy (non-hydrogen) atoms. The van der Waals surface area contributed by atoms with Gasteiger partial charge in [-0.1, -0.05) is 97.1 Å². The monoisotopic (exact) mass is 557 g/mol. The topological polar surface area (TPSA) is 22.2 Å². The molecular formula is C41H23N3. The second-order valence-electron chi connectivity index (χ2n) is 12.0. The van der Waals surface area contributed by atoms with Crippen molar-refractivity contribution in [2.24, 2.45) is 0 Å². The van der Waals surface area contributed by atoms with Crippen molar-refractivity contribution >= 4 is 92.3 Å². The first-order valence-corrected chi connectivity index (χ1v) is 15.1. The SMILES string of the molecule is c1ccc2c(c1)ccc1c3cc4c5ccccc5n5c6ccccc6c(c3n(-c3ccc6ccc7cccnc7c6c3)c21)c45. The molecule has 0 radical (unpaired) electrons. The summed E-state index contributed by atoms with van der Waals surface area (Å²) in [5, 5.41) is 13.8. The van der Waals surface area contributed by atoms with Gasteiger partial charge in [0, 0.05) is 60.4 Å². The Balaban J connectivity index is 1.45. The van der Waals surface area contributed by atoms with Crippen LogP contribution in [0.5, 0.6) is 0 Å². The minimum Gasteiger partial charge on any atom is -0.308 e. The summed E-state index contributed by atoms with van der Waals surface area (Å²) in [4.78, 5) is 4.83. The quantitative estimate of drug-likeness (QED) is 0.184. The number of hydrogen-bond acceptors (Lipinski definition) is 1. The summed E-state index contributed by atoms with van der Waals surface area (Å²) >= 11 is 0. The molecule has 7 aromatic carbocycles. The standard InChI is InChI=1S/C41H23N3/c1-2-10-28-24(8-1)18-20-30-34-23-33-29-11-3-5-13-35(29)44-36-14-6-4-12-31(36)37(41(33)44)40(34)43(39(28)30)27-19-17-25-15-16-26-9-7-21-42-38(26)32(25)22-27/h1-23H. The summed E-state index contributed by atoms with van der Waals surface area (Å²) < 4.78 is 5.01. The third-order valence-electron chi connectivity index (χ3n) is 9.82. The summed E-state index contributed by atoms with van der Waals surface area (Å²) in [6, 6.07) is 49.0. The van der Waals surface area contributed by atoms with Crippen LogP contribution in [-0.2, 0) is 0 Å². The van der Waals surface area contributed by atoms with Gasteiger partial charge in [0.05, 0.1) is 33.1 Å². The third-order valence-corrected chi connectivity index (χ3v) is 9.82. The number of nitrogens with zero attached hydrogens (tertiary/aromatic N) is 3. The van der Waals surface area contributed by atoms with Gasteiger partial charge in [-0.15, -0.1) is 0 Å². The van der Waals surface area contributed by atoms with Crippen LogP contribution in [0.25, 0.3) is 98.0 Å². The predicted octanol–water partition coefficient (Wildman–Crippen LogP) is 10.8. The lowest BCUT2D eigenvalue weighted by molar-refractivity contribution is 1.20. The molecule has 0 aliphatic heterocycles. The fourth-order valence-corrected chi connectivity index (χ4v) is 8.01. The van der Waals surface area contributed by atoms with E-state index in [2.05, 4.69) is 136 Å². The van der Waals surface area contributed by atoms with Crippen molar-refractivity contribution in [1.82, 2.24) is 14.0 Å². The number of pyridine rings is 1. The van der Waals surface area contributed by atoms with Crippen LogP contribution in [0.4, 0.5) is 0 Å². The molecule has 202 valence electrons. The van der Waals surface area contributed by atoms with E-state index in [1.807, 2.05) is 12.3 Å². The Morgan fingerprint density at radius 1 is 0.409 bits per heavy atom. The third kappa shape index (κ3) is 2.66. The van der Waals surface area contributed by atoms with Crippen molar-refractivity contribution in [3.8, 4) is 5.69 Å². The Morgan fingerprint density at radius 3 is 1.98 bits per heavy atom. The van der Waals surface area contributed by atoms with E-state index in [1.165, 1.54) is 81.4 Å². The molecular weight excluding hydrogens is 534 g/mol. The van der Waals surface area contributed by atoms with Crippen LogP contribution in [0.1, 0.15) is 0 Å². The highest BCUT2D eigenvalue weighted by Gasteiger charge is 2.25. The maximum absolute atomic E-state index is 4.83.